The predicted molar refractivity (Wildman–Crippen MR) is 95.7 cm³/mol. The summed E-state index contributed by atoms with van der Waals surface area (Å²) < 4.78 is 0. The van der Waals surface area contributed by atoms with Crippen molar-refractivity contribution in [3.8, 4) is 11.3 Å². The van der Waals surface area contributed by atoms with Crippen molar-refractivity contribution in [2.24, 2.45) is 0 Å². The van der Waals surface area contributed by atoms with Gasteiger partial charge in [-0.25, -0.2) is 4.98 Å². The first kappa shape index (κ1) is 16.1. The summed E-state index contributed by atoms with van der Waals surface area (Å²) in [6.07, 6.45) is 0. The molecule has 0 saturated carbocycles. The summed E-state index contributed by atoms with van der Waals surface area (Å²) in [5.74, 6) is 0. The van der Waals surface area contributed by atoms with Gasteiger partial charge in [0, 0.05) is 22.5 Å². The molecule has 5 heteroatoms. The fraction of sp³-hybridized carbons (Fsp3) is 0.167. The molecule has 2 aromatic carbocycles. The van der Waals surface area contributed by atoms with Crippen molar-refractivity contribution in [3.63, 3.8) is 0 Å². The smallest absolute Gasteiger partial charge is 0.107 e. The number of hydrogen-bond acceptors (Lipinski definition) is 4. The molecule has 0 bridgehead atoms. The van der Waals surface area contributed by atoms with E-state index in [0.29, 0.717) is 11.6 Å². The molecule has 1 atom stereocenters. The fourth-order valence-corrected chi connectivity index (χ4v) is 3.21. The van der Waals surface area contributed by atoms with E-state index in [4.69, 9.17) is 11.6 Å². The second kappa shape index (κ2) is 7.70. The lowest BCUT2D eigenvalue weighted by Crippen LogP contribution is -2.23. The van der Waals surface area contributed by atoms with Gasteiger partial charge in [-0.3, -0.25) is 0 Å². The second-order valence-corrected chi connectivity index (χ2v) is 6.54. The van der Waals surface area contributed by atoms with Crippen molar-refractivity contribution in [3.05, 3.63) is 75.6 Å². The number of benzene rings is 2. The molecule has 2 N–H and O–H groups in total. The average molecular weight is 345 g/mol. The van der Waals surface area contributed by atoms with Crippen LogP contribution in [0, 0.1) is 0 Å². The van der Waals surface area contributed by atoms with Crippen LogP contribution in [0.1, 0.15) is 16.6 Å². The maximum Gasteiger partial charge on any atom is 0.107 e. The third kappa shape index (κ3) is 4.18. The molecule has 3 nitrogen and oxygen atoms in total. The Morgan fingerprint density at radius 3 is 2.52 bits per heavy atom. The number of halogens is 1. The second-order valence-electron chi connectivity index (χ2n) is 5.16. The van der Waals surface area contributed by atoms with Crippen molar-refractivity contribution in [1.82, 2.24) is 10.3 Å². The van der Waals surface area contributed by atoms with Gasteiger partial charge < -0.3 is 10.4 Å². The molecule has 3 aromatic rings. The van der Waals surface area contributed by atoms with Crippen molar-refractivity contribution >= 4 is 22.9 Å². The molecule has 0 amide bonds. The van der Waals surface area contributed by atoms with Crippen LogP contribution in [0.25, 0.3) is 11.3 Å². The van der Waals surface area contributed by atoms with Gasteiger partial charge in [-0.15, -0.1) is 11.3 Å². The van der Waals surface area contributed by atoms with Crippen LogP contribution < -0.4 is 5.32 Å². The topological polar surface area (TPSA) is 45.1 Å². The molecule has 0 aliphatic carbocycles. The highest BCUT2D eigenvalue weighted by Crippen LogP contribution is 2.22. The van der Waals surface area contributed by atoms with Gasteiger partial charge >= 0.3 is 0 Å². The summed E-state index contributed by atoms with van der Waals surface area (Å²) >= 11 is 7.52. The first-order valence-electron chi connectivity index (χ1n) is 7.36. The van der Waals surface area contributed by atoms with Crippen LogP contribution in [0.5, 0.6) is 0 Å². The molecule has 1 heterocycles. The SMILES string of the molecule is OCC(NCc1nc(-c2ccccc2)cs1)c1ccc(Cl)cc1. The number of aliphatic hydroxyl groups excluding tert-OH is 1. The number of rotatable bonds is 6. The standard InChI is InChI=1S/C18H17ClN2OS/c19-15-8-6-14(7-9-15)16(11-22)20-10-18-21-17(12-23-18)13-4-2-1-3-5-13/h1-9,12,16,20,22H,10-11H2. The van der Waals surface area contributed by atoms with Gasteiger partial charge in [0.25, 0.3) is 0 Å². The number of nitrogens with one attached hydrogen (secondary N) is 1. The average Bonchev–Trinajstić information content (AvgIpc) is 3.07. The van der Waals surface area contributed by atoms with Crippen molar-refractivity contribution in [2.45, 2.75) is 12.6 Å². The van der Waals surface area contributed by atoms with Crippen molar-refractivity contribution < 1.29 is 5.11 Å². The van der Waals surface area contributed by atoms with E-state index in [9.17, 15) is 5.11 Å². The summed E-state index contributed by atoms with van der Waals surface area (Å²) in [4.78, 5) is 4.65. The lowest BCUT2D eigenvalue weighted by atomic mass is 10.1. The number of nitrogens with zero attached hydrogens (tertiary/aromatic N) is 1. The van der Waals surface area contributed by atoms with Gasteiger partial charge in [0.2, 0.25) is 0 Å². The molecular formula is C18H17ClN2OS. The van der Waals surface area contributed by atoms with Gasteiger partial charge in [-0.2, -0.15) is 0 Å². The Morgan fingerprint density at radius 2 is 1.83 bits per heavy atom. The highest BCUT2D eigenvalue weighted by Gasteiger charge is 2.11. The number of thiazole rings is 1. The van der Waals surface area contributed by atoms with Gasteiger partial charge in [-0.1, -0.05) is 54.1 Å². The third-order valence-corrected chi connectivity index (χ3v) is 4.68. The van der Waals surface area contributed by atoms with Crippen LogP contribution in [-0.4, -0.2) is 16.7 Å². The summed E-state index contributed by atoms with van der Waals surface area (Å²) in [5, 5.41) is 16.7. The van der Waals surface area contributed by atoms with E-state index in [0.717, 1.165) is 21.8 Å². The van der Waals surface area contributed by atoms with E-state index in [2.05, 4.69) is 27.8 Å². The Balaban J connectivity index is 1.65. The Labute approximate surface area is 144 Å². The quantitative estimate of drug-likeness (QED) is 0.701. The van der Waals surface area contributed by atoms with E-state index in [1.165, 1.54) is 0 Å². The molecule has 0 aliphatic heterocycles. The summed E-state index contributed by atoms with van der Waals surface area (Å²) in [6.45, 7) is 0.643. The summed E-state index contributed by atoms with van der Waals surface area (Å²) in [6, 6.07) is 17.5. The molecular weight excluding hydrogens is 328 g/mol. The van der Waals surface area contributed by atoms with Crippen LogP contribution >= 0.6 is 22.9 Å². The summed E-state index contributed by atoms with van der Waals surface area (Å²) in [7, 11) is 0. The van der Waals surface area contributed by atoms with Crippen LogP contribution in [0.3, 0.4) is 0 Å². The summed E-state index contributed by atoms with van der Waals surface area (Å²) in [5.41, 5.74) is 3.11. The largest absolute Gasteiger partial charge is 0.394 e. The van der Waals surface area contributed by atoms with Crippen molar-refractivity contribution in [2.75, 3.05) is 6.61 Å². The van der Waals surface area contributed by atoms with Gasteiger partial charge in [0.1, 0.15) is 5.01 Å². The fourth-order valence-electron chi connectivity index (χ4n) is 2.33. The molecule has 23 heavy (non-hydrogen) atoms. The number of aromatic nitrogens is 1. The van der Waals surface area contributed by atoms with Gasteiger partial charge in [0.05, 0.1) is 18.3 Å². The van der Waals surface area contributed by atoms with E-state index in [-0.39, 0.29) is 12.6 Å². The molecule has 0 aliphatic rings. The van der Waals surface area contributed by atoms with E-state index >= 15 is 0 Å². The monoisotopic (exact) mass is 344 g/mol. The zero-order chi connectivity index (χ0) is 16.1. The molecule has 0 fully saturated rings. The predicted octanol–water partition coefficient (Wildman–Crippen LogP) is 4.29. The van der Waals surface area contributed by atoms with Crippen LogP contribution in [0.4, 0.5) is 0 Å². The Hall–Kier alpha value is -1.72. The lowest BCUT2D eigenvalue weighted by molar-refractivity contribution is 0.243. The molecule has 3 rings (SSSR count). The minimum Gasteiger partial charge on any atom is -0.394 e. The maximum atomic E-state index is 9.60. The van der Waals surface area contributed by atoms with Crippen molar-refractivity contribution in [1.29, 1.82) is 0 Å². The first-order valence-corrected chi connectivity index (χ1v) is 8.61. The van der Waals surface area contributed by atoms with Crippen LogP contribution in [0.2, 0.25) is 5.02 Å². The first-order chi connectivity index (χ1) is 11.3. The lowest BCUT2D eigenvalue weighted by Gasteiger charge is -2.15. The van der Waals surface area contributed by atoms with Crippen LogP contribution in [0.15, 0.2) is 60.0 Å². The Kier molecular flexibility index (Phi) is 5.41. The zero-order valence-corrected chi connectivity index (χ0v) is 14.0. The highest BCUT2D eigenvalue weighted by molar-refractivity contribution is 7.09. The normalized spacial score (nSPS) is 12.3. The van der Waals surface area contributed by atoms with E-state index < -0.39 is 0 Å². The molecule has 118 valence electrons. The molecule has 0 spiro atoms. The van der Waals surface area contributed by atoms with E-state index in [1.807, 2.05) is 42.5 Å². The minimum absolute atomic E-state index is 0.0263. The minimum atomic E-state index is -0.128. The molecule has 0 saturated heterocycles. The maximum absolute atomic E-state index is 9.60. The molecule has 1 aromatic heterocycles. The Bertz CT molecular complexity index is 743. The van der Waals surface area contributed by atoms with Crippen LogP contribution in [-0.2, 0) is 6.54 Å². The molecule has 1 unspecified atom stereocenters. The number of hydrogen-bond donors (Lipinski definition) is 2. The van der Waals surface area contributed by atoms with Gasteiger partial charge in [0.15, 0.2) is 0 Å². The van der Waals surface area contributed by atoms with Gasteiger partial charge in [-0.05, 0) is 17.7 Å². The zero-order valence-electron chi connectivity index (χ0n) is 12.4. The molecule has 0 radical (unpaired) electrons. The Morgan fingerprint density at radius 1 is 1.09 bits per heavy atom. The number of aliphatic hydroxyl groups is 1. The third-order valence-electron chi connectivity index (χ3n) is 3.58. The highest BCUT2D eigenvalue weighted by atomic mass is 35.5. The van der Waals surface area contributed by atoms with E-state index in [1.54, 1.807) is 11.3 Å².